The molecule has 0 atom stereocenters. The van der Waals surface area contributed by atoms with E-state index in [1.807, 2.05) is 0 Å². The van der Waals surface area contributed by atoms with E-state index in [1.54, 1.807) is 0 Å². The van der Waals surface area contributed by atoms with Crippen molar-refractivity contribution in [2.45, 2.75) is 154 Å². The number of hydrogen-bond acceptors (Lipinski definition) is 4. The summed E-state index contributed by atoms with van der Waals surface area (Å²) in [5.41, 5.74) is 16.8. The largest absolute Gasteiger partial charge is 0.330 e. The Labute approximate surface area is 215 Å². The lowest BCUT2D eigenvalue weighted by molar-refractivity contribution is 0.254. The van der Waals surface area contributed by atoms with Crippen LogP contribution in [0.5, 0.6) is 0 Å². The fourth-order valence-electron chi connectivity index (χ4n) is 4.96. The molecule has 0 unspecified atom stereocenters. The monoisotopic (exact) mass is 483 g/mol. The summed E-state index contributed by atoms with van der Waals surface area (Å²) < 4.78 is 0. The van der Waals surface area contributed by atoms with Gasteiger partial charge in [-0.15, -0.1) is 0 Å². The molecule has 4 nitrogen and oxygen atoms in total. The first-order chi connectivity index (χ1) is 16.8. The highest BCUT2D eigenvalue weighted by Crippen LogP contribution is 2.13. The molecule has 0 aromatic heterocycles. The van der Waals surface area contributed by atoms with Crippen molar-refractivity contribution in [1.82, 2.24) is 4.90 Å². The smallest absolute Gasteiger partial charge is 0.00187 e. The number of hydrogen-bond donors (Lipinski definition) is 3. The Morgan fingerprint density at radius 2 is 0.412 bits per heavy atom. The third-order valence-electron chi connectivity index (χ3n) is 7.29. The van der Waals surface area contributed by atoms with E-state index in [9.17, 15) is 0 Å². The van der Waals surface area contributed by atoms with Gasteiger partial charge in [-0.25, -0.2) is 0 Å². The van der Waals surface area contributed by atoms with Crippen molar-refractivity contribution >= 4 is 0 Å². The Morgan fingerprint density at radius 1 is 0.235 bits per heavy atom. The van der Waals surface area contributed by atoms with E-state index in [0.29, 0.717) is 0 Å². The molecule has 0 aliphatic rings. The highest BCUT2D eigenvalue weighted by Gasteiger charge is 2.05. The van der Waals surface area contributed by atoms with Gasteiger partial charge in [0.1, 0.15) is 0 Å². The van der Waals surface area contributed by atoms with Crippen molar-refractivity contribution in [2.75, 3.05) is 39.3 Å². The molecule has 0 spiro atoms. The Hall–Kier alpha value is -0.160. The van der Waals surface area contributed by atoms with E-state index < -0.39 is 0 Å². The van der Waals surface area contributed by atoms with E-state index in [1.165, 1.54) is 174 Å². The zero-order chi connectivity index (χ0) is 24.8. The van der Waals surface area contributed by atoms with E-state index in [0.717, 1.165) is 19.6 Å². The van der Waals surface area contributed by atoms with Crippen molar-refractivity contribution in [3.63, 3.8) is 0 Å². The van der Waals surface area contributed by atoms with Crippen molar-refractivity contribution in [1.29, 1.82) is 0 Å². The molecule has 34 heavy (non-hydrogen) atoms. The number of rotatable bonds is 30. The fourth-order valence-corrected chi connectivity index (χ4v) is 4.96. The maximum Gasteiger partial charge on any atom is -0.00187 e. The standard InChI is InChI=1S/C30H66N4/c31-25-19-13-7-1-4-10-16-22-28-34(29-23-17-11-5-2-8-14-20-26-32)30-24-18-12-6-3-9-15-21-27-33/h1-33H2. The lowest BCUT2D eigenvalue weighted by Crippen LogP contribution is -2.27. The molecule has 0 aliphatic carbocycles. The summed E-state index contributed by atoms with van der Waals surface area (Å²) in [7, 11) is 0. The predicted octanol–water partition coefficient (Wildman–Crippen LogP) is 7.53. The minimum absolute atomic E-state index is 0.861. The van der Waals surface area contributed by atoms with Crippen molar-refractivity contribution in [3.8, 4) is 0 Å². The molecule has 4 heteroatoms. The molecule has 0 amide bonds. The van der Waals surface area contributed by atoms with Gasteiger partial charge in [0, 0.05) is 0 Å². The van der Waals surface area contributed by atoms with E-state index in [-0.39, 0.29) is 0 Å². The predicted molar refractivity (Wildman–Crippen MR) is 154 cm³/mol. The lowest BCUT2D eigenvalue weighted by atomic mass is 10.1. The van der Waals surface area contributed by atoms with Crippen molar-refractivity contribution in [3.05, 3.63) is 0 Å². The topological polar surface area (TPSA) is 81.3 Å². The Morgan fingerprint density at radius 3 is 0.618 bits per heavy atom. The maximum atomic E-state index is 5.59. The van der Waals surface area contributed by atoms with Crippen LogP contribution in [-0.2, 0) is 0 Å². The normalized spacial score (nSPS) is 11.6. The lowest BCUT2D eigenvalue weighted by Gasteiger charge is -2.22. The van der Waals surface area contributed by atoms with Gasteiger partial charge in [0.25, 0.3) is 0 Å². The second-order valence-electron chi connectivity index (χ2n) is 10.7. The zero-order valence-corrected chi connectivity index (χ0v) is 23.4. The molecule has 0 aromatic carbocycles. The third-order valence-corrected chi connectivity index (χ3v) is 7.29. The average Bonchev–Trinajstić information content (AvgIpc) is 2.85. The first kappa shape index (κ1) is 33.8. The summed E-state index contributed by atoms with van der Waals surface area (Å²) in [6, 6.07) is 0. The van der Waals surface area contributed by atoms with Gasteiger partial charge < -0.3 is 22.1 Å². The first-order valence-electron chi connectivity index (χ1n) is 15.7. The first-order valence-corrected chi connectivity index (χ1v) is 15.7. The summed E-state index contributed by atoms with van der Waals surface area (Å²) in [6.07, 6.45) is 32.9. The highest BCUT2D eigenvalue weighted by atomic mass is 15.1. The van der Waals surface area contributed by atoms with Crippen LogP contribution in [0.4, 0.5) is 0 Å². The van der Waals surface area contributed by atoms with Gasteiger partial charge in [0.2, 0.25) is 0 Å². The van der Waals surface area contributed by atoms with Crippen molar-refractivity contribution < 1.29 is 0 Å². The van der Waals surface area contributed by atoms with Gasteiger partial charge >= 0.3 is 0 Å². The highest BCUT2D eigenvalue weighted by molar-refractivity contribution is 4.61. The van der Waals surface area contributed by atoms with Crippen LogP contribution in [0, 0.1) is 0 Å². The van der Waals surface area contributed by atoms with E-state index in [2.05, 4.69) is 4.90 Å². The molecule has 0 radical (unpaired) electrons. The van der Waals surface area contributed by atoms with Gasteiger partial charge in [-0.05, 0) is 77.8 Å². The van der Waals surface area contributed by atoms with Crippen LogP contribution in [0.15, 0.2) is 0 Å². The molecule has 0 saturated carbocycles. The van der Waals surface area contributed by atoms with Gasteiger partial charge in [-0.2, -0.15) is 0 Å². The van der Waals surface area contributed by atoms with Crippen LogP contribution < -0.4 is 17.2 Å². The Bertz CT molecular complexity index is 298. The van der Waals surface area contributed by atoms with Crippen LogP contribution in [0.2, 0.25) is 0 Å². The molecule has 0 bridgehead atoms. The molecule has 0 rings (SSSR count). The molecular weight excluding hydrogens is 416 g/mol. The minimum Gasteiger partial charge on any atom is -0.330 e. The van der Waals surface area contributed by atoms with Gasteiger partial charge in [0.15, 0.2) is 0 Å². The number of nitrogens with zero attached hydrogens (tertiary/aromatic N) is 1. The van der Waals surface area contributed by atoms with E-state index >= 15 is 0 Å². The summed E-state index contributed by atoms with van der Waals surface area (Å²) in [5, 5.41) is 0. The Balaban J connectivity index is 3.85. The quantitative estimate of drug-likeness (QED) is 0.0924. The van der Waals surface area contributed by atoms with Gasteiger partial charge in [0.05, 0.1) is 0 Å². The molecule has 206 valence electrons. The van der Waals surface area contributed by atoms with Crippen molar-refractivity contribution in [2.24, 2.45) is 17.2 Å². The molecule has 0 aliphatic heterocycles. The maximum absolute atomic E-state index is 5.59. The summed E-state index contributed by atoms with van der Waals surface area (Å²) in [5.74, 6) is 0. The molecule has 6 N–H and O–H groups in total. The molecule has 0 aromatic rings. The molecular formula is C30H66N4. The minimum atomic E-state index is 0.861. The summed E-state index contributed by atoms with van der Waals surface area (Å²) in [4.78, 5) is 2.80. The Kier molecular flexibility index (Phi) is 30.7. The van der Waals surface area contributed by atoms with Crippen LogP contribution in [0.25, 0.3) is 0 Å². The number of unbranched alkanes of at least 4 members (excludes halogenated alkanes) is 21. The summed E-state index contributed by atoms with van der Waals surface area (Å²) in [6.45, 7) is 6.56. The third kappa shape index (κ3) is 28.1. The SMILES string of the molecule is NCCCCCCCCCCN(CCCCCCCCCCN)CCCCCCCCCCN. The zero-order valence-electron chi connectivity index (χ0n) is 23.4. The van der Waals surface area contributed by atoms with E-state index in [4.69, 9.17) is 17.2 Å². The second kappa shape index (κ2) is 30.9. The van der Waals surface area contributed by atoms with Crippen LogP contribution in [0.3, 0.4) is 0 Å². The number of nitrogens with two attached hydrogens (primary N) is 3. The average molecular weight is 483 g/mol. The summed E-state index contributed by atoms with van der Waals surface area (Å²) >= 11 is 0. The van der Waals surface area contributed by atoms with Crippen LogP contribution >= 0.6 is 0 Å². The molecule has 0 fully saturated rings. The second-order valence-corrected chi connectivity index (χ2v) is 10.7. The fraction of sp³-hybridized carbons (Fsp3) is 1.00. The van der Waals surface area contributed by atoms with Gasteiger partial charge in [-0.1, -0.05) is 116 Å². The van der Waals surface area contributed by atoms with Crippen LogP contribution in [0.1, 0.15) is 154 Å². The molecule has 0 heterocycles. The van der Waals surface area contributed by atoms with Gasteiger partial charge in [-0.3, -0.25) is 0 Å². The van der Waals surface area contributed by atoms with Crippen LogP contribution in [-0.4, -0.2) is 44.2 Å². The molecule has 0 saturated heterocycles.